The lowest BCUT2D eigenvalue weighted by Crippen LogP contribution is -2.33. The molecule has 6 nitrogen and oxygen atoms in total. The molecule has 0 aliphatic carbocycles. The Kier molecular flexibility index (Phi) is 5.73. The minimum absolute atomic E-state index is 0.0407. The molecule has 28 heavy (non-hydrogen) atoms. The van der Waals surface area contributed by atoms with Gasteiger partial charge in [-0.3, -0.25) is 14.4 Å². The predicted molar refractivity (Wildman–Crippen MR) is 102 cm³/mol. The van der Waals surface area contributed by atoms with Crippen LogP contribution in [0.15, 0.2) is 48.5 Å². The van der Waals surface area contributed by atoms with Gasteiger partial charge in [-0.15, -0.1) is 0 Å². The SMILES string of the molecule is Cc1ccc(N2C[C@H](C(=O)O[C@@H](C)C(=O)Nc3ccc(F)cc3)CC2=O)cc1. The number of carbonyl (C=O) groups is 3. The molecule has 0 saturated carbocycles. The second kappa shape index (κ2) is 8.21. The van der Waals surface area contributed by atoms with Crippen molar-refractivity contribution in [2.45, 2.75) is 26.4 Å². The second-order valence-corrected chi connectivity index (χ2v) is 6.82. The van der Waals surface area contributed by atoms with Crippen LogP contribution < -0.4 is 10.2 Å². The van der Waals surface area contributed by atoms with Gasteiger partial charge in [0.25, 0.3) is 5.91 Å². The van der Waals surface area contributed by atoms with Gasteiger partial charge in [0, 0.05) is 24.3 Å². The van der Waals surface area contributed by atoms with Crippen LogP contribution in [0.2, 0.25) is 0 Å². The Morgan fingerprint density at radius 3 is 2.43 bits per heavy atom. The molecule has 1 aliphatic rings. The number of amides is 2. The van der Waals surface area contributed by atoms with E-state index in [1.54, 1.807) is 4.90 Å². The second-order valence-electron chi connectivity index (χ2n) is 6.82. The van der Waals surface area contributed by atoms with Crippen molar-refractivity contribution in [3.63, 3.8) is 0 Å². The maximum Gasteiger partial charge on any atom is 0.312 e. The number of ether oxygens (including phenoxy) is 1. The predicted octanol–water partition coefficient (Wildman–Crippen LogP) is 3.06. The molecule has 2 aromatic rings. The van der Waals surface area contributed by atoms with Crippen molar-refractivity contribution in [3.05, 3.63) is 59.9 Å². The zero-order chi connectivity index (χ0) is 20.3. The average molecular weight is 384 g/mol. The van der Waals surface area contributed by atoms with Gasteiger partial charge in [0.15, 0.2) is 6.10 Å². The monoisotopic (exact) mass is 384 g/mol. The molecule has 1 heterocycles. The fourth-order valence-corrected chi connectivity index (χ4v) is 2.94. The van der Waals surface area contributed by atoms with E-state index < -0.39 is 29.7 Å². The summed E-state index contributed by atoms with van der Waals surface area (Å²) in [4.78, 5) is 38.4. The number of nitrogens with zero attached hydrogens (tertiary/aromatic N) is 1. The highest BCUT2D eigenvalue weighted by molar-refractivity contribution is 6.00. The average Bonchev–Trinajstić information content (AvgIpc) is 3.06. The lowest BCUT2D eigenvalue weighted by atomic mass is 10.1. The van der Waals surface area contributed by atoms with E-state index in [1.165, 1.54) is 31.2 Å². The van der Waals surface area contributed by atoms with Gasteiger partial charge in [-0.25, -0.2) is 4.39 Å². The van der Waals surface area contributed by atoms with E-state index in [2.05, 4.69) is 5.32 Å². The molecule has 2 atom stereocenters. The van der Waals surface area contributed by atoms with Gasteiger partial charge in [-0.05, 0) is 50.2 Å². The first-order valence-electron chi connectivity index (χ1n) is 8.97. The maximum absolute atomic E-state index is 12.9. The largest absolute Gasteiger partial charge is 0.452 e. The molecule has 2 aromatic carbocycles. The topological polar surface area (TPSA) is 75.7 Å². The highest BCUT2D eigenvalue weighted by Gasteiger charge is 2.37. The van der Waals surface area contributed by atoms with Gasteiger partial charge < -0.3 is 15.0 Å². The number of carbonyl (C=O) groups excluding carboxylic acids is 3. The number of nitrogens with one attached hydrogen (secondary N) is 1. The summed E-state index contributed by atoms with van der Waals surface area (Å²) in [5.41, 5.74) is 2.20. The Morgan fingerprint density at radius 1 is 1.14 bits per heavy atom. The normalized spacial score (nSPS) is 17.3. The van der Waals surface area contributed by atoms with Crippen molar-refractivity contribution in [2.75, 3.05) is 16.8 Å². The first-order chi connectivity index (χ1) is 13.3. The number of halogens is 1. The van der Waals surface area contributed by atoms with Crippen LogP contribution in [0.3, 0.4) is 0 Å². The summed E-state index contributed by atoms with van der Waals surface area (Å²) in [7, 11) is 0. The van der Waals surface area contributed by atoms with E-state index in [9.17, 15) is 18.8 Å². The van der Waals surface area contributed by atoms with Crippen molar-refractivity contribution >= 4 is 29.2 Å². The Bertz CT molecular complexity index is 880. The third-order valence-electron chi connectivity index (χ3n) is 4.58. The van der Waals surface area contributed by atoms with Crippen LogP contribution in [0.4, 0.5) is 15.8 Å². The standard InChI is InChI=1S/C21H21FN2O4/c1-13-3-9-18(10-4-13)24-12-15(11-19(24)25)21(27)28-14(2)20(26)23-17-7-5-16(22)6-8-17/h3-10,14-15H,11-12H2,1-2H3,(H,23,26)/t14-,15+/m0/s1. The first-order valence-corrected chi connectivity index (χ1v) is 8.97. The molecule has 146 valence electrons. The summed E-state index contributed by atoms with van der Waals surface area (Å²) in [5, 5.41) is 2.55. The zero-order valence-corrected chi connectivity index (χ0v) is 15.6. The van der Waals surface area contributed by atoms with E-state index >= 15 is 0 Å². The van der Waals surface area contributed by atoms with E-state index in [-0.39, 0.29) is 18.9 Å². The van der Waals surface area contributed by atoms with Crippen molar-refractivity contribution in [2.24, 2.45) is 5.92 Å². The van der Waals surface area contributed by atoms with Crippen molar-refractivity contribution in [1.82, 2.24) is 0 Å². The lowest BCUT2D eigenvalue weighted by molar-refractivity contribution is -0.157. The maximum atomic E-state index is 12.9. The van der Waals surface area contributed by atoms with E-state index in [1.807, 2.05) is 31.2 Å². The Balaban J connectivity index is 1.56. The smallest absolute Gasteiger partial charge is 0.312 e. The number of hydrogen-bond acceptors (Lipinski definition) is 4. The van der Waals surface area contributed by atoms with Crippen LogP contribution in [0, 0.1) is 18.7 Å². The summed E-state index contributed by atoms with van der Waals surface area (Å²) in [6.07, 6.45) is -1.000. The number of rotatable bonds is 5. The molecule has 0 bridgehead atoms. The summed E-state index contributed by atoms with van der Waals surface area (Å²) in [6.45, 7) is 3.62. The number of benzene rings is 2. The summed E-state index contributed by atoms with van der Waals surface area (Å²) in [5.74, 6) is -2.32. The van der Waals surface area contributed by atoms with E-state index in [4.69, 9.17) is 4.74 Å². The van der Waals surface area contributed by atoms with Gasteiger partial charge in [-0.2, -0.15) is 0 Å². The molecule has 1 fully saturated rings. The van der Waals surface area contributed by atoms with Gasteiger partial charge in [-0.1, -0.05) is 17.7 Å². The van der Waals surface area contributed by atoms with Gasteiger partial charge in [0.2, 0.25) is 5.91 Å². The summed E-state index contributed by atoms with van der Waals surface area (Å²) < 4.78 is 18.2. The molecule has 2 amide bonds. The highest BCUT2D eigenvalue weighted by atomic mass is 19.1. The number of anilines is 2. The fraction of sp³-hybridized carbons (Fsp3) is 0.286. The number of hydrogen-bond donors (Lipinski definition) is 1. The van der Waals surface area contributed by atoms with Crippen LogP contribution >= 0.6 is 0 Å². The van der Waals surface area contributed by atoms with Crippen LogP contribution in [0.1, 0.15) is 18.9 Å². The molecule has 1 N–H and O–H groups in total. The molecule has 0 radical (unpaired) electrons. The van der Waals surface area contributed by atoms with Crippen molar-refractivity contribution < 1.29 is 23.5 Å². The molecule has 1 aliphatic heterocycles. The minimum Gasteiger partial charge on any atom is -0.452 e. The van der Waals surface area contributed by atoms with E-state index in [0.717, 1.165) is 11.3 Å². The quantitative estimate of drug-likeness (QED) is 0.804. The molecule has 0 spiro atoms. The van der Waals surface area contributed by atoms with Crippen LogP contribution in [-0.4, -0.2) is 30.4 Å². The third kappa shape index (κ3) is 4.54. The van der Waals surface area contributed by atoms with Crippen LogP contribution in [0.5, 0.6) is 0 Å². The summed E-state index contributed by atoms with van der Waals surface area (Å²) >= 11 is 0. The Labute approximate surface area is 162 Å². The molecular formula is C21H21FN2O4. The molecule has 0 aromatic heterocycles. The summed E-state index contributed by atoms with van der Waals surface area (Å²) in [6, 6.07) is 12.7. The molecule has 0 unspecified atom stereocenters. The lowest BCUT2D eigenvalue weighted by Gasteiger charge is -2.18. The van der Waals surface area contributed by atoms with Crippen molar-refractivity contribution in [3.8, 4) is 0 Å². The van der Waals surface area contributed by atoms with E-state index in [0.29, 0.717) is 5.69 Å². The van der Waals surface area contributed by atoms with Gasteiger partial charge in [0.1, 0.15) is 5.82 Å². The Hall–Kier alpha value is -3.22. The zero-order valence-electron chi connectivity index (χ0n) is 15.6. The molecule has 3 rings (SSSR count). The number of aryl methyl sites for hydroxylation is 1. The fourth-order valence-electron chi connectivity index (χ4n) is 2.94. The highest BCUT2D eigenvalue weighted by Crippen LogP contribution is 2.26. The molecular weight excluding hydrogens is 363 g/mol. The molecule has 7 heteroatoms. The first kappa shape index (κ1) is 19.5. The van der Waals surface area contributed by atoms with Crippen LogP contribution in [0.25, 0.3) is 0 Å². The van der Waals surface area contributed by atoms with Crippen molar-refractivity contribution in [1.29, 1.82) is 0 Å². The minimum atomic E-state index is -1.04. The Morgan fingerprint density at radius 2 is 1.79 bits per heavy atom. The van der Waals surface area contributed by atoms with Gasteiger partial charge in [0.05, 0.1) is 5.92 Å². The van der Waals surface area contributed by atoms with Crippen LogP contribution in [-0.2, 0) is 19.1 Å². The molecule has 1 saturated heterocycles. The van der Waals surface area contributed by atoms with Gasteiger partial charge >= 0.3 is 5.97 Å². The number of esters is 1. The third-order valence-corrected chi connectivity index (χ3v) is 4.58.